The molecular formula is C13H15N3OS. The Morgan fingerprint density at radius 3 is 2.78 bits per heavy atom. The monoisotopic (exact) mass is 261 g/mol. The fourth-order valence-corrected chi connectivity index (χ4v) is 2.24. The molecule has 1 aromatic heterocycles. The van der Waals surface area contributed by atoms with Crippen LogP contribution in [0.5, 0.6) is 0 Å². The molecule has 94 valence electrons. The number of rotatable bonds is 5. The second kappa shape index (κ2) is 6.28. The normalized spacial score (nSPS) is 12.1. The van der Waals surface area contributed by atoms with E-state index in [0.717, 1.165) is 10.4 Å². The number of aromatic nitrogens is 1. The van der Waals surface area contributed by atoms with Crippen molar-refractivity contribution in [2.45, 2.75) is 12.5 Å². The molecule has 0 aliphatic carbocycles. The molecule has 1 aromatic carbocycles. The smallest absolute Gasteiger partial charge is 0.229 e. The summed E-state index contributed by atoms with van der Waals surface area (Å²) in [5.74, 6) is -0.337. The van der Waals surface area contributed by atoms with Crippen molar-refractivity contribution in [2.75, 3.05) is 6.54 Å². The van der Waals surface area contributed by atoms with Crippen molar-refractivity contribution in [3.05, 3.63) is 52.5 Å². The Balaban J connectivity index is 1.98. The molecule has 1 atom stereocenters. The third kappa shape index (κ3) is 3.15. The minimum absolute atomic E-state index is 0.0444. The molecular weight excluding hydrogens is 246 g/mol. The molecule has 2 aromatic rings. The topological polar surface area (TPSA) is 68.0 Å². The molecule has 0 saturated carbocycles. The van der Waals surface area contributed by atoms with Crippen LogP contribution in [0.2, 0.25) is 0 Å². The molecule has 0 saturated heterocycles. The molecule has 4 nitrogen and oxygen atoms in total. The lowest BCUT2D eigenvalue weighted by atomic mass is 9.98. The maximum Gasteiger partial charge on any atom is 0.229 e. The Morgan fingerprint density at radius 2 is 2.17 bits per heavy atom. The highest BCUT2D eigenvalue weighted by molar-refractivity contribution is 7.09. The van der Waals surface area contributed by atoms with E-state index >= 15 is 0 Å². The maximum absolute atomic E-state index is 12.1. The Hall–Kier alpha value is -1.72. The van der Waals surface area contributed by atoms with Crippen molar-refractivity contribution < 1.29 is 4.79 Å². The zero-order chi connectivity index (χ0) is 12.8. The number of carbonyl (C=O) groups is 1. The number of nitrogens with zero attached hydrogens (tertiary/aromatic N) is 1. The molecule has 1 unspecified atom stereocenters. The molecule has 0 radical (unpaired) electrons. The first-order chi connectivity index (χ1) is 8.81. The van der Waals surface area contributed by atoms with Crippen LogP contribution in [-0.2, 0) is 11.3 Å². The summed E-state index contributed by atoms with van der Waals surface area (Å²) < 4.78 is 0. The van der Waals surface area contributed by atoms with E-state index in [1.807, 2.05) is 30.3 Å². The lowest BCUT2D eigenvalue weighted by Gasteiger charge is -2.14. The maximum atomic E-state index is 12.1. The second-order valence-corrected chi connectivity index (χ2v) is 4.86. The standard InChI is InChI=1S/C13H15N3OS/c14-6-12(10-4-2-1-3-5-10)13(17)16-8-11-7-15-9-18-11/h1-5,7,9,12H,6,8,14H2,(H,16,17). The van der Waals surface area contributed by atoms with Gasteiger partial charge in [-0.15, -0.1) is 11.3 Å². The second-order valence-electron chi connectivity index (χ2n) is 3.88. The third-order valence-corrected chi connectivity index (χ3v) is 3.45. The molecule has 1 heterocycles. The minimum Gasteiger partial charge on any atom is -0.351 e. The van der Waals surface area contributed by atoms with Crippen LogP contribution in [0.4, 0.5) is 0 Å². The molecule has 3 N–H and O–H groups in total. The van der Waals surface area contributed by atoms with Crippen molar-refractivity contribution in [1.82, 2.24) is 10.3 Å². The first kappa shape index (κ1) is 12.7. The van der Waals surface area contributed by atoms with Gasteiger partial charge in [0.1, 0.15) is 0 Å². The molecule has 0 aliphatic rings. The predicted octanol–water partition coefficient (Wildman–Crippen LogP) is 1.50. The van der Waals surface area contributed by atoms with Gasteiger partial charge in [0.15, 0.2) is 0 Å². The van der Waals surface area contributed by atoms with Crippen LogP contribution in [0, 0.1) is 0 Å². The fourth-order valence-electron chi connectivity index (χ4n) is 1.71. The summed E-state index contributed by atoms with van der Waals surface area (Å²) in [5.41, 5.74) is 8.38. The number of carbonyl (C=O) groups excluding carboxylic acids is 1. The van der Waals surface area contributed by atoms with Gasteiger partial charge in [0, 0.05) is 17.6 Å². The third-order valence-electron chi connectivity index (χ3n) is 2.67. The number of hydrogen-bond donors (Lipinski definition) is 2. The van der Waals surface area contributed by atoms with Gasteiger partial charge in [-0.25, -0.2) is 0 Å². The van der Waals surface area contributed by atoms with E-state index in [-0.39, 0.29) is 11.8 Å². The lowest BCUT2D eigenvalue weighted by molar-refractivity contribution is -0.122. The molecule has 0 fully saturated rings. The van der Waals surface area contributed by atoms with Crippen LogP contribution in [0.15, 0.2) is 42.0 Å². The number of hydrogen-bond acceptors (Lipinski definition) is 4. The molecule has 0 bridgehead atoms. The van der Waals surface area contributed by atoms with Gasteiger partial charge in [0.05, 0.1) is 18.0 Å². The largest absolute Gasteiger partial charge is 0.351 e. The van der Waals surface area contributed by atoms with Gasteiger partial charge >= 0.3 is 0 Å². The highest BCUT2D eigenvalue weighted by atomic mass is 32.1. The predicted molar refractivity (Wildman–Crippen MR) is 72.2 cm³/mol. The molecule has 5 heteroatoms. The number of amides is 1. The van der Waals surface area contributed by atoms with Crippen molar-refractivity contribution in [2.24, 2.45) is 5.73 Å². The van der Waals surface area contributed by atoms with Crippen LogP contribution in [-0.4, -0.2) is 17.4 Å². The van der Waals surface area contributed by atoms with Crippen molar-refractivity contribution in [1.29, 1.82) is 0 Å². The summed E-state index contributed by atoms with van der Waals surface area (Å²) in [4.78, 5) is 17.1. The van der Waals surface area contributed by atoms with E-state index < -0.39 is 0 Å². The van der Waals surface area contributed by atoms with Crippen LogP contribution in [0.1, 0.15) is 16.4 Å². The number of thiazole rings is 1. The first-order valence-corrected chi connectivity index (χ1v) is 6.59. The van der Waals surface area contributed by atoms with Gasteiger partial charge < -0.3 is 11.1 Å². The van der Waals surface area contributed by atoms with Gasteiger partial charge in [-0.05, 0) is 5.56 Å². The molecule has 0 aliphatic heterocycles. The number of nitrogens with two attached hydrogens (primary N) is 1. The van der Waals surface area contributed by atoms with E-state index in [1.165, 1.54) is 11.3 Å². The Kier molecular flexibility index (Phi) is 4.44. The zero-order valence-corrected chi connectivity index (χ0v) is 10.7. The lowest BCUT2D eigenvalue weighted by Crippen LogP contribution is -2.32. The average molecular weight is 261 g/mol. The van der Waals surface area contributed by atoms with Crippen molar-refractivity contribution >= 4 is 17.2 Å². The Labute approximate surface area is 110 Å². The van der Waals surface area contributed by atoms with E-state index in [0.29, 0.717) is 13.1 Å². The molecule has 0 spiro atoms. The van der Waals surface area contributed by atoms with Gasteiger partial charge in [0.2, 0.25) is 5.91 Å². The number of nitrogens with one attached hydrogen (secondary N) is 1. The van der Waals surface area contributed by atoms with Crippen LogP contribution < -0.4 is 11.1 Å². The average Bonchev–Trinajstić information content (AvgIpc) is 2.92. The SMILES string of the molecule is NCC(C(=O)NCc1cncs1)c1ccccc1. The Morgan fingerprint density at radius 1 is 1.39 bits per heavy atom. The van der Waals surface area contributed by atoms with Crippen LogP contribution in [0.25, 0.3) is 0 Å². The summed E-state index contributed by atoms with van der Waals surface area (Å²) in [7, 11) is 0. The molecule has 18 heavy (non-hydrogen) atoms. The van der Waals surface area contributed by atoms with Crippen LogP contribution in [0.3, 0.4) is 0 Å². The highest BCUT2D eigenvalue weighted by Gasteiger charge is 2.18. The van der Waals surface area contributed by atoms with Gasteiger partial charge in [0.25, 0.3) is 0 Å². The quantitative estimate of drug-likeness (QED) is 0.857. The van der Waals surface area contributed by atoms with E-state index in [2.05, 4.69) is 10.3 Å². The van der Waals surface area contributed by atoms with Crippen LogP contribution >= 0.6 is 11.3 Å². The fraction of sp³-hybridized carbons (Fsp3) is 0.231. The van der Waals surface area contributed by atoms with Gasteiger partial charge in [-0.3, -0.25) is 9.78 Å². The number of benzene rings is 1. The Bertz CT molecular complexity index is 484. The zero-order valence-electron chi connectivity index (χ0n) is 9.87. The van der Waals surface area contributed by atoms with Gasteiger partial charge in [-0.2, -0.15) is 0 Å². The molecule has 2 rings (SSSR count). The van der Waals surface area contributed by atoms with Gasteiger partial charge in [-0.1, -0.05) is 30.3 Å². The summed E-state index contributed by atoms with van der Waals surface area (Å²) in [6.07, 6.45) is 1.75. The van der Waals surface area contributed by atoms with Crippen molar-refractivity contribution in [3.63, 3.8) is 0 Å². The molecule has 1 amide bonds. The summed E-state index contributed by atoms with van der Waals surface area (Å²) in [6, 6.07) is 9.59. The minimum atomic E-state index is -0.292. The first-order valence-electron chi connectivity index (χ1n) is 5.71. The van der Waals surface area contributed by atoms with E-state index in [4.69, 9.17) is 5.73 Å². The van der Waals surface area contributed by atoms with E-state index in [9.17, 15) is 4.79 Å². The van der Waals surface area contributed by atoms with E-state index in [1.54, 1.807) is 11.7 Å². The summed E-state index contributed by atoms with van der Waals surface area (Å²) >= 11 is 1.52. The highest BCUT2D eigenvalue weighted by Crippen LogP contribution is 2.14. The summed E-state index contributed by atoms with van der Waals surface area (Å²) in [6.45, 7) is 0.811. The van der Waals surface area contributed by atoms with Crippen molar-refractivity contribution in [3.8, 4) is 0 Å². The summed E-state index contributed by atoms with van der Waals surface area (Å²) in [5, 5.41) is 2.89.